The van der Waals surface area contributed by atoms with E-state index in [1.165, 1.54) is 30.6 Å². The van der Waals surface area contributed by atoms with E-state index in [1.807, 2.05) is 13.2 Å². The first-order valence-corrected chi connectivity index (χ1v) is 8.45. The van der Waals surface area contributed by atoms with Crippen LogP contribution in [0.2, 0.25) is 4.34 Å². The van der Waals surface area contributed by atoms with Crippen molar-refractivity contribution in [3.8, 4) is 0 Å². The van der Waals surface area contributed by atoms with E-state index in [4.69, 9.17) is 16.3 Å². The molecule has 0 spiro atoms. The second kappa shape index (κ2) is 7.07. The quantitative estimate of drug-likeness (QED) is 0.789. The zero-order chi connectivity index (χ0) is 13.7. The Labute approximate surface area is 125 Å². The van der Waals surface area contributed by atoms with Crippen LogP contribution in [0.1, 0.15) is 56.4 Å². The van der Waals surface area contributed by atoms with Crippen LogP contribution >= 0.6 is 22.9 Å². The minimum Gasteiger partial charge on any atom is -0.376 e. The van der Waals surface area contributed by atoms with Gasteiger partial charge in [-0.2, -0.15) is 0 Å². The van der Waals surface area contributed by atoms with Crippen molar-refractivity contribution >= 4 is 22.9 Å². The molecular weight excluding hydrogens is 278 g/mol. The Bertz CT molecular complexity index is 385. The highest BCUT2D eigenvalue weighted by atomic mass is 35.5. The average molecular weight is 302 g/mol. The van der Waals surface area contributed by atoms with E-state index in [0.717, 1.165) is 23.7 Å². The zero-order valence-corrected chi connectivity index (χ0v) is 13.4. The molecule has 19 heavy (non-hydrogen) atoms. The molecule has 1 heterocycles. The fraction of sp³-hybridized carbons (Fsp3) is 0.733. The first kappa shape index (κ1) is 15.3. The predicted molar refractivity (Wildman–Crippen MR) is 83.2 cm³/mol. The van der Waals surface area contributed by atoms with E-state index < -0.39 is 0 Å². The van der Waals surface area contributed by atoms with Crippen LogP contribution in [0.5, 0.6) is 0 Å². The van der Waals surface area contributed by atoms with Gasteiger partial charge in [-0.1, -0.05) is 44.2 Å². The van der Waals surface area contributed by atoms with Crippen LogP contribution in [-0.2, 0) is 4.74 Å². The van der Waals surface area contributed by atoms with E-state index in [9.17, 15) is 0 Å². The fourth-order valence-electron chi connectivity index (χ4n) is 3.17. The zero-order valence-electron chi connectivity index (χ0n) is 11.9. The van der Waals surface area contributed by atoms with E-state index in [1.54, 1.807) is 11.3 Å². The molecule has 1 unspecified atom stereocenters. The maximum Gasteiger partial charge on any atom is 0.0931 e. The van der Waals surface area contributed by atoms with Gasteiger partial charge in [0, 0.05) is 12.0 Å². The van der Waals surface area contributed by atoms with Gasteiger partial charge in [0.1, 0.15) is 0 Å². The summed E-state index contributed by atoms with van der Waals surface area (Å²) in [5, 5.41) is 3.63. The molecule has 1 aliphatic rings. The van der Waals surface area contributed by atoms with Crippen molar-refractivity contribution in [2.75, 3.05) is 13.7 Å². The van der Waals surface area contributed by atoms with Crippen molar-refractivity contribution < 1.29 is 4.74 Å². The summed E-state index contributed by atoms with van der Waals surface area (Å²) in [5.74, 6) is 0. The molecule has 2 nitrogen and oxygen atoms in total. The monoisotopic (exact) mass is 301 g/mol. The van der Waals surface area contributed by atoms with Crippen LogP contribution < -0.4 is 5.32 Å². The number of likely N-dealkylation sites (N-methyl/N-ethyl adjacent to an activating group) is 1. The highest BCUT2D eigenvalue weighted by Crippen LogP contribution is 2.42. The number of thiophene rings is 1. The molecule has 0 radical (unpaired) electrons. The molecule has 0 aliphatic heterocycles. The van der Waals surface area contributed by atoms with Gasteiger partial charge in [-0.05, 0) is 31.5 Å². The van der Waals surface area contributed by atoms with E-state index >= 15 is 0 Å². The van der Waals surface area contributed by atoms with Crippen LogP contribution in [0, 0.1) is 0 Å². The van der Waals surface area contributed by atoms with Crippen LogP contribution in [0.4, 0.5) is 0 Å². The lowest BCUT2D eigenvalue weighted by atomic mass is 9.85. The summed E-state index contributed by atoms with van der Waals surface area (Å²) in [6.07, 6.45) is 7.45. The molecule has 1 aromatic rings. The topological polar surface area (TPSA) is 21.3 Å². The molecule has 0 bridgehead atoms. The van der Waals surface area contributed by atoms with Gasteiger partial charge in [0.15, 0.2) is 0 Å². The van der Waals surface area contributed by atoms with E-state index in [0.29, 0.717) is 0 Å². The summed E-state index contributed by atoms with van der Waals surface area (Å²) >= 11 is 7.79. The smallest absolute Gasteiger partial charge is 0.0931 e. The maximum atomic E-state index is 6.11. The van der Waals surface area contributed by atoms with E-state index in [2.05, 4.69) is 18.3 Å². The normalized spacial score (nSPS) is 21.0. The molecule has 1 fully saturated rings. The Morgan fingerprint density at radius 3 is 2.47 bits per heavy atom. The van der Waals surface area contributed by atoms with Crippen molar-refractivity contribution in [1.82, 2.24) is 5.32 Å². The Morgan fingerprint density at radius 1 is 1.32 bits per heavy atom. The second-order valence-corrected chi connectivity index (χ2v) is 7.06. The fourth-order valence-corrected chi connectivity index (χ4v) is 4.41. The number of ether oxygens (including phenoxy) is 1. The molecule has 1 atom stereocenters. The van der Waals surface area contributed by atoms with Gasteiger partial charge in [-0.25, -0.2) is 0 Å². The summed E-state index contributed by atoms with van der Waals surface area (Å²) < 4.78 is 6.90. The van der Waals surface area contributed by atoms with Crippen molar-refractivity contribution in [2.24, 2.45) is 0 Å². The lowest BCUT2D eigenvalue weighted by Gasteiger charge is -2.39. The van der Waals surface area contributed by atoms with Crippen LogP contribution in [0.15, 0.2) is 12.1 Å². The average Bonchev–Trinajstić information content (AvgIpc) is 2.70. The van der Waals surface area contributed by atoms with Crippen molar-refractivity contribution in [3.05, 3.63) is 21.3 Å². The summed E-state index contributed by atoms with van der Waals surface area (Å²) in [7, 11) is 1.87. The summed E-state index contributed by atoms with van der Waals surface area (Å²) in [6.45, 7) is 3.10. The van der Waals surface area contributed by atoms with Gasteiger partial charge in [0.25, 0.3) is 0 Å². The second-order valence-electron chi connectivity index (χ2n) is 5.32. The maximum absolute atomic E-state index is 6.11. The molecule has 4 heteroatoms. The van der Waals surface area contributed by atoms with Gasteiger partial charge in [-0.15, -0.1) is 11.3 Å². The lowest BCUT2D eigenvalue weighted by Crippen LogP contribution is -2.45. The van der Waals surface area contributed by atoms with Gasteiger partial charge in [-0.3, -0.25) is 0 Å². The minimum absolute atomic E-state index is 0.0688. The van der Waals surface area contributed by atoms with Gasteiger partial charge < -0.3 is 10.1 Å². The lowest BCUT2D eigenvalue weighted by molar-refractivity contribution is -0.0528. The van der Waals surface area contributed by atoms with E-state index in [-0.39, 0.29) is 11.6 Å². The van der Waals surface area contributed by atoms with Crippen molar-refractivity contribution in [3.63, 3.8) is 0 Å². The molecule has 0 aromatic carbocycles. The Kier molecular flexibility index (Phi) is 5.70. The summed E-state index contributed by atoms with van der Waals surface area (Å²) in [6, 6.07) is 4.40. The Hall–Kier alpha value is -0.0900. The van der Waals surface area contributed by atoms with Crippen molar-refractivity contribution in [2.45, 2.75) is 57.1 Å². The number of halogens is 1. The third kappa shape index (κ3) is 3.52. The molecule has 2 rings (SSSR count). The molecular formula is C15H24ClNOS. The highest BCUT2D eigenvalue weighted by molar-refractivity contribution is 7.16. The number of nitrogens with one attached hydrogen (secondary N) is 1. The minimum atomic E-state index is -0.0688. The summed E-state index contributed by atoms with van der Waals surface area (Å²) in [4.78, 5) is 1.30. The Balaban J connectivity index is 2.28. The number of rotatable bonds is 5. The first-order chi connectivity index (χ1) is 9.22. The number of hydrogen-bond acceptors (Lipinski definition) is 3. The molecule has 1 aromatic heterocycles. The van der Waals surface area contributed by atoms with Crippen LogP contribution in [0.3, 0.4) is 0 Å². The van der Waals surface area contributed by atoms with Gasteiger partial charge in [0.05, 0.1) is 16.0 Å². The van der Waals surface area contributed by atoms with Crippen molar-refractivity contribution in [1.29, 1.82) is 0 Å². The molecule has 0 amide bonds. The molecule has 1 saturated carbocycles. The summed E-state index contributed by atoms with van der Waals surface area (Å²) in [5.41, 5.74) is -0.0688. The van der Waals surface area contributed by atoms with Gasteiger partial charge in [0.2, 0.25) is 0 Å². The largest absolute Gasteiger partial charge is 0.376 e. The van der Waals surface area contributed by atoms with Gasteiger partial charge >= 0.3 is 0 Å². The van der Waals surface area contributed by atoms with Crippen LogP contribution in [-0.4, -0.2) is 19.3 Å². The highest BCUT2D eigenvalue weighted by Gasteiger charge is 2.40. The Morgan fingerprint density at radius 2 is 2.00 bits per heavy atom. The third-order valence-corrected chi connectivity index (χ3v) is 5.47. The molecule has 0 saturated heterocycles. The molecule has 108 valence electrons. The third-order valence-electron chi connectivity index (χ3n) is 4.17. The standard InChI is InChI=1S/C15H24ClNOS/c1-3-17-14(12-8-9-13(16)19-12)15(18-2)10-6-4-5-7-11-15/h8-9,14,17H,3-7,10-11H2,1-2H3. The molecule has 1 aliphatic carbocycles. The number of methoxy groups -OCH3 is 1. The SMILES string of the molecule is CCNC(c1ccc(Cl)s1)C1(OC)CCCCCC1. The number of hydrogen-bond donors (Lipinski definition) is 1. The first-order valence-electron chi connectivity index (χ1n) is 7.25. The predicted octanol–water partition coefficient (Wildman–Crippen LogP) is 4.79. The molecule has 1 N–H and O–H groups in total. The van der Waals surface area contributed by atoms with Crippen LogP contribution in [0.25, 0.3) is 0 Å².